The first-order chi connectivity index (χ1) is 15.3. The van der Waals surface area contributed by atoms with Crippen LogP contribution in [0.25, 0.3) is 0 Å². The predicted molar refractivity (Wildman–Crippen MR) is 122 cm³/mol. The Bertz CT molecular complexity index is 893. The Morgan fingerprint density at radius 3 is 2.47 bits per heavy atom. The fraction of sp³-hybridized carbons (Fsp3) is 0.560. The van der Waals surface area contributed by atoms with Crippen molar-refractivity contribution < 1.29 is 18.8 Å². The van der Waals surface area contributed by atoms with Crippen LogP contribution in [0.4, 0.5) is 0 Å². The van der Waals surface area contributed by atoms with Crippen LogP contribution in [-0.4, -0.2) is 41.6 Å². The minimum atomic E-state index is -0.473. The lowest BCUT2D eigenvalue weighted by Gasteiger charge is -2.37. The Morgan fingerprint density at radius 1 is 1.16 bits per heavy atom. The SMILES string of the molecule is COc1ccc(CCNC(=O)c2cc(CN(C(=O)C(C)(C)C)C3CCCCC3)on2)cc1. The molecule has 1 aromatic carbocycles. The number of hydrogen-bond donors (Lipinski definition) is 1. The van der Waals surface area contributed by atoms with Crippen LogP contribution in [-0.2, 0) is 17.8 Å². The van der Waals surface area contributed by atoms with E-state index in [0.29, 0.717) is 25.3 Å². The van der Waals surface area contributed by atoms with Crippen molar-refractivity contribution in [3.05, 3.63) is 47.3 Å². The molecule has 0 aliphatic heterocycles. The van der Waals surface area contributed by atoms with Crippen LogP contribution in [0, 0.1) is 5.41 Å². The van der Waals surface area contributed by atoms with Crippen molar-refractivity contribution in [2.45, 2.75) is 71.9 Å². The van der Waals surface area contributed by atoms with Crippen LogP contribution < -0.4 is 10.1 Å². The summed E-state index contributed by atoms with van der Waals surface area (Å²) >= 11 is 0. The molecule has 1 saturated carbocycles. The van der Waals surface area contributed by atoms with Gasteiger partial charge in [0.2, 0.25) is 5.91 Å². The van der Waals surface area contributed by atoms with Gasteiger partial charge in [-0.1, -0.05) is 57.3 Å². The van der Waals surface area contributed by atoms with Crippen molar-refractivity contribution in [1.29, 1.82) is 0 Å². The molecular weight excluding hydrogens is 406 g/mol. The lowest BCUT2D eigenvalue weighted by atomic mass is 9.89. The summed E-state index contributed by atoms with van der Waals surface area (Å²) in [5.74, 6) is 1.17. The number of carbonyl (C=O) groups excluding carboxylic acids is 2. The van der Waals surface area contributed by atoms with Gasteiger partial charge in [0, 0.05) is 24.1 Å². The number of nitrogens with zero attached hydrogens (tertiary/aromatic N) is 2. The summed E-state index contributed by atoms with van der Waals surface area (Å²) in [5, 5.41) is 6.82. The highest BCUT2D eigenvalue weighted by molar-refractivity contribution is 5.92. The summed E-state index contributed by atoms with van der Waals surface area (Å²) in [6.07, 6.45) is 6.21. The molecule has 0 atom stereocenters. The zero-order chi connectivity index (χ0) is 23.1. The first-order valence-corrected chi connectivity index (χ1v) is 11.5. The molecule has 1 aliphatic rings. The van der Waals surface area contributed by atoms with E-state index >= 15 is 0 Å². The number of hydrogen-bond acceptors (Lipinski definition) is 5. The van der Waals surface area contributed by atoms with Crippen molar-refractivity contribution in [2.75, 3.05) is 13.7 Å². The van der Waals surface area contributed by atoms with E-state index in [1.807, 2.05) is 49.9 Å². The minimum Gasteiger partial charge on any atom is -0.497 e. The maximum absolute atomic E-state index is 13.1. The summed E-state index contributed by atoms with van der Waals surface area (Å²) in [7, 11) is 1.63. The lowest BCUT2D eigenvalue weighted by molar-refractivity contribution is -0.143. The first-order valence-electron chi connectivity index (χ1n) is 11.5. The van der Waals surface area contributed by atoms with Crippen molar-refractivity contribution in [1.82, 2.24) is 15.4 Å². The van der Waals surface area contributed by atoms with E-state index in [1.54, 1.807) is 13.2 Å². The fourth-order valence-electron chi connectivity index (χ4n) is 4.06. The van der Waals surface area contributed by atoms with Crippen molar-refractivity contribution >= 4 is 11.8 Å². The topological polar surface area (TPSA) is 84.7 Å². The highest BCUT2D eigenvalue weighted by atomic mass is 16.5. The maximum Gasteiger partial charge on any atom is 0.273 e. The molecule has 2 aromatic rings. The van der Waals surface area contributed by atoms with Crippen molar-refractivity contribution in [2.24, 2.45) is 5.41 Å². The predicted octanol–water partition coefficient (Wildman–Crippen LogP) is 4.36. The van der Waals surface area contributed by atoms with E-state index in [2.05, 4.69) is 10.5 Å². The van der Waals surface area contributed by atoms with Gasteiger partial charge in [-0.3, -0.25) is 9.59 Å². The molecule has 1 aliphatic carbocycles. The standard InChI is InChI=1S/C25H35N3O4/c1-25(2,3)24(30)28(19-8-6-5-7-9-19)17-21-16-22(27-32-21)23(29)26-15-14-18-10-12-20(31-4)13-11-18/h10-13,16,19H,5-9,14-15,17H2,1-4H3,(H,26,29). The van der Waals surface area contributed by atoms with Gasteiger partial charge in [0.1, 0.15) is 5.75 Å². The molecule has 0 unspecified atom stereocenters. The van der Waals surface area contributed by atoms with Gasteiger partial charge in [0.25, 0.3) is 5.91 Å². The number of nitrogens with one attached hydrogen (secondary N) is 1. The lowest BCUT2D eigenvalue weighted by Crippen LogP contribution is -2.46. The molecule has 7 nitrogen and oxygen atoms in total. The van der Waals surface area contributed by atoms with Crippen LogP contribution >= 0.6 is 0 Å². The van der Waals surface area contributed by atoms with E-state index in [4.69, 9.17) is 9.26 Å². The second-order valence-corrected chi connectivity index (χ2v) is 9.51. The van der Waals surface area contributed by atoms with E-state index in [1.165, 1.54) is 6.42 Å². The Morgan fingerprint density at radius 2 is 1.84 bits per heavy atom. The summed E-state index contributed by atoms with van der Waals surface area (Å²) < 4.78 is 10.6. The largest absolute Gasteiger partial charge is 0.497 e. The maximum atomic E-state index is 13.1. The second kappa shape index (κ2) is 10.7. The van der Waals surface area contributed by atoms with E-state index < -0.39 is 5.41 Å². The molecule has 0 bridgehead atoms. The van der Waals surface area contributed by atoms with Gasteiger partial charge in [0.15, 0.2) is 11.5 Å². The molecular formula is C25H35N3O4. The zero-order valence-corrected chi connectivity index (χ0v) is 19.6. The molecule has 1 fully saturated rings. The Labute approximate surface area is 190 Å². The molecule has 32 heavy (non-hydrogen) atoms. The number of benzene rings is 1. The third-order valence-electron chi connectivity index (χ3n) is 5.89. The molecule has 1 aromatic heterocycles. The Kier molecular flexibility index (Phi) is 7.94. The fourth-order valence-corrected chi connectivity index (χ4v) is 4.06. The molecule has 174 valence electrons. The number of amides is 2. The smallest absolute Gasteiger partial charge is 0.273 e. The van der Waals surface area contributed by atoms with Gasteiger partial charge in [0.05, 0.1) is 13.7 Å². The first kappa shape index (κ1) is 23.8. The molecule has 0 spiro atoms. The number of methoxy groups -OCH3 is 1. The Hall–Kier alpha value is -2.83. The van der Waals surface area contributed by atoms with Crippen LogP contribution in [0.2, 0.25) is 0 Å². The van der Waals surface area contributed by atoms with Gasteiger partial charge >= 0.3 is 0 Å². The van der Waals surface area contributed by atoms with Crippen molar-refractivity contribution in [3.8, 4) is 5.75 Å². The summed E-state index contributed by atoms with van der Waals surface area (Å²) in [6.45, 7) is 6.64. The second-order valence-electron chi connectivity index (χ2n) is 9.51. The van der Waals surface area contributed by atoms with Gasteiger partial charge in [-0.05, 0) is 37.0 Å². The average Bonchev–Trinajstić information content (AvgIpc) is 3.26. The molecule has 3 rings (SSSR count). The Balaban J connectivity index is 1.58. The molecule has 1 heterocycles. The molecule has 0 radical (unpaired) electrons. The number of ether oxygens (including phenoxy) is 1. The average molecular weight is 442 g/mol. The molecule has 1 N–H and O–H groups in total. The number of rotatable bonds is 8. The molecule has 0 saturated heterocycles. The third kappa shape index (κ3) is 6.34. The summed E-state index contributed by atoms with van der Waals surface area (Å²) in [5.41, 5.74) is 0.872. The van der Waals surface area contributed by atoms with Gasteiger partial charge in [-0.2, -0.15) is 0 Å². The molecule has 2 amide bonds. The van der Waals surface area contributed by atoms with E-state index in [9.17, 15) is 9.59 Å². The quantitative estimate of drug-likeness (QED) is 0.658. The van der Waals surface area contributed by atoms with Crippen molar-refractivity contribution in [3.63, 3.8) is 0 Å². The van der Waals surface area contributed by atoms with Crippen LogP contribution in [0.5, 0.6) is 5.75 Å². The zero-order valence-electron chi connectivity index (χ0n) is 19.6. The summed E-state index contributed by atoms with van der Waals surface area (Å²) in [4.78, 5) is 27.5. The van der Waals surface area contributed by atoms with Gasteiger partial charge in [-0.25, -0.2) is 0 Å². The summed E-state index contributed by atoms with van der Waals surface area (Å²) in [6, 6.07) is 9.61. The van der Waals surface area contributed by atoms with Crippen LogP contribution in [0.15, 0.2) is 34.9 Å². The molecule has 7 heteroatoms. The van der Waals surface area contributed by atoms with E-state index in [-0.39, 0.29) is 23.6 Å². The van der Waals surface area contributed by atoms with Gasteiger partial charge in [-0.15, -0.1) is 0 Å². The van der Waals surface area contributed by atoms with Crippen LogP contribution in [0.1, 0.15) is 74.7 Å². The van der Waals surface area contributed by atoms with Crippen LogP contribution in [0.3, 0.4) is 0 Å². The third-order valence-corrected chi connectivity index (χ3v) is 5.89. The monoisotopic (exact) mass is 441 g/mol. The highest BCUT2D eigenvalue weighted by Crippen LogP contribution is 2.28. The highest BCUT2D eigenvalue weighted by Gasteiger charge is 2.33. The minimum absolute atomic E-state index is 0.103. The normalized spacial score (nSPS) is 14.8. The number of carbonyl (C=O) groups is 2. The van der Waals surface area contributed by atoms with E-state index in [0.717, 1.165) is 37.0 Å². The number of aromatic nitrogens is 1. The van der Waals surface area contributed by atoms with Gasteiger partial charge < -0.3 is 19.5 Å².